The zero-order chi connectivity index (χ0) is 21.6. The number of benzene rings is 1. The van der Waals surface area contributed by atoms with Crippen LogP contribution in [0.2, 0.25) is 5.15 Å². The van der Waals surface area contributed by atoms with Crippen LogP contribution in [0, 0.1) is 0 Å². The van der Waals surface area contributed by atoms with Crippen molar-refractivity contribution in [1.82, 2.24) is 19.8 Å². The molecule has 2 aliphatic heterocycles. The number of aromatic nitrogens is 2. The summed E-state index contributed by atoms with van der Waals surface area (Å²) < 4.78 is 0. The van der Waals surface area contributed by atoms with Gasteiger partial charge in [0, 0.05) is 56.7 Å². The van der Waals surface area contributed by atoms with E-state index >= 15 is 0 Å². The van der Waals surface area contributed by atoms with Crippen LogP contribution in [0.25, 0.3) is 0 Å². The van der Waals surface area contributed by atoms with Crippen LogP contribution < -0.4 is 4.90 Å². The maximum atomic E-state index is 12.8. The Morgan fingerprint density at radius 3 is 2.39 bits per heavy atom. The van der Waals surface area contributed by atoms with Crippen LogP contribution in [0.3, 0.4) is 0 Å². The van der Waals surface area contributed by atoms with E-state index in [4.69, 9.17) is 16.6 Å². The lowest BCUT2D eigenvalue weighted by atomic mass is 10.1. The number of nitrogens with zero attached hydrogens (tertiary/aromatic N) is 5. The Balaban J connectivity index is 1.34. The third-order valence-electron chi connectivity index (χ3n) is 6.02. The van der Waals surface area contributed by atoms with Gasteiger partial charge in [0.1, 0.15) is 11.0 Å². The van der Waals surface area contributed by atoms with Crippen molar-refractivity contribution >= 4 is 35.1 Å². The maximum absolute atomic E-state index is 12.8. The quantitative estimate of drug-likeness (QED) is 0.367. The second-order valence-electron chi connectivity index (χ2n) is 8.09. The number of carbonyl (C=O) groups is 1. The van der Waals surface area contributed by atoms with Gasteiger partial charge in [0.15, 0.2) is 5.16 Å². The molecule has 0 saturated carbocycles. The van der Waals surface area contributed by atoms with Crippen molar-refractivity contribution in [3.05, 3.63) is 46.6 Å². The Bertz CT molecular complexity index is 880. The number of hydrogen-bond donors (Lipinski definition) is 0. The topological polar surface area (TPSA) is 52.6 Å². The number of anilines is 1. The molecule has 2 aliphatic rings. The van der Waals surface area contributed by atoms with Gasteiger partial charge in [-0.2, -0.15) is 0 Å². The van der Waals surface area contributed by atoms with E-state index in [-0.39, 0.29) is 5.91 Å². The first-order valence-electron chi connectivity index (χ1n) is 11.2. The number of piperidine rings is 1. The molecule has 31 heavy (non-hydrogen) atoms. The standard InChI is InChI=1S/C23H30ClN5OS/c1-2-27-12-14-29(15-13-27)22(30)19-8-6-18(7-9-19)17-31-23-25-20(24)16-21(26-23)28-10-4-3-5-11-28/h6-9,16H,2-5,10-15,17H2,1H3. The van der Waals surface area contributed by atoms with E-state index in [1.807, 2.05) is 35.2 Å². The molecule has 4 rings (SSSR count). The summed E-state index contributed by atoms with van der Waals surface area (Å²) in [6, 6.07) is 9.78. The smallest absolute Gasteiger partial charge is 0.253 e. The second-order valence-corrected chi connectivity index (χ2v) is 9.42. The van der Waals surface area contributed by atoms with Crippen molar-refractivity contribution in [2.75, 3.05) is 50.7 Å². The van der Waals surface area contributed by atoms with Crippen molar-refractivity contribution in [3.8, 4) is 0 Å². The lowest BCUT2D eigenvalue weighted by Gasteiger charge is -2.34. The number of thioether (sulfide) groups is 1. The van der Waals surface area contributed by atoms with E-state index in [2.05, 4.69) is 21.7 Å². The molecule has 1 amide bonds. The molecule has 2 saturated heterocycles. The molecule has 3 heterocycles. The van der Waals surface area contributed by atoms with Crippen LogP contribution in [-0.4, -0.2) is 71.5 Å². The Hall–Kier alpha value is -1.83. The Morgan fingerprint density at radius 1 is 1.00 bits per heavy atom. The molecule has 6 nitrogen and oxygen atoms in total. The fourth-order valence-corrected chi connectivity index (χ4v) is 5.11. The van der Waals surface area contributed by atoms with Gasteiger partial charge in [-0.25, -0.2) is 9.97 Å². The van der Waals surface area contributed by atoms with E-state index in [0.29, 0.717) is 10.3 Å². The van der Waals surface area contributed by atoms with Gasteiger partial charge in [-0.3, -0.25) is 4.79 Å². The Morgan fingerprint density at radius 2 is 1.71 bits per heavy atom. The second kappa shape index (κ2) is 10.7. The SMILES string of the molecule is CCN1CCN(C(=O)c2ccc(CSc3nc(Cl)cc(N4CCCCC4)n3)cc2)CC1. The van der Waals surface area contributed by atoms with Crippen LogP contribution >= 0.6 is 23.4 Å². The highest BCUT2D eigenvalue weighted by Crippen LogP contribution is 2.26. The van der Waals surface area contributed by atoms with E-state index in [1.54, 1.807) is 11.8 Å². The van der Waals surface area contributed by atoms with E-state index in [0.717, 1.165) is 68.5 Å². The predicted octanol–water partition coefficient (Wildman–Crippen LogP) is 4.19. The molecule has 166 valence electrons. The van der Waals surface area contributed by atoms with Gasteiger partial charge in [0.2, 0.25) is 0 Å². The monoisotopic (exact) mass is 459 g/mol. The molecule has 8 heteroatoms. The lowest BCUT2D eigenvalue weighted by molar-refractivity contribution is 0.0643. The number of rotatable bonds is 6. The van der Waals surface area contributed by atoms with Crippen LogP contribution in [0.5, 0.6) is 0 Å². The molecule has 0 unspecified atom stereocenters. The van der Waals surface area contributed by atoms with Crippen LogP contribution in [-0.2, 0) is 5.75 Å². The first kappa shape index (κ1) is 22.4. The summed E-state index contributed by atoms with van der Waals surface area (Å²) in [6.45, 7) is 8.78. The molecule has 0 radical (unpaired) electrons. The number of hydrogen-bond acceptors (Lipinski definition) is 6. The molecular formula is C23H30ClN5OS. The average Bonchev–Trinajstić information content (AvgIpc) is 2.83. The first-order valence-corrected chi connectivity index (χ1v) is 12.5. The fourth-order valence-electron chi connectivity index (χ4n) is 4.08. The molecule has 2 fully saturated rings. The third kappa shape index (κ3) is 5.90. The van der Waals surface area contributed by atoms with Gasteiger partial charge >= 0.3 is 0 Å². The summed E-state index contributed by atoms with van der Waals surface area (Å²) in [6.07, 6.45) is 3.68. The molecule has 2 aromatic rings. The van der Waals surface area contributed by atoms with E-state index in [1.165, 1.54) is 19.3 Å². The molecule has 0 spiro atoms. The highest BCUT2D eigenvalue weighted by molar-refractivity contribution is 7.98. The molecule has 0 N–H and O–H groups in total. The Labute approximate surface area is 194 Å². The summed E-state index contributed by atoms with van der Waals surface area (Å²) >= 11 is 7.84. The van der Waals surface area contributed by atoms with Gasteiger partial charge in [-0.15, -0.1) is 0 Å². The molecule has 0 bridgehead atoms. The number of piperazine rings is 1. The minimum atomic E-state index is 0.124. The van der Waals surface area contributed by atoms with Crippen molar-refractivity contribution in [3.63, 3.8) is 0 Å². The molecule has 0 aliphatic carbocycles. The van der Waals surface area contributed by atoms with E-state index < -0.39 is 0 Å². The van der Waals surface area contributed by atoms with Crippen molar-refractivity contribution < 1.29 is 4.79 Å². The summed E-state index contributed by atoms with van der Waals surface area (Å²) in [4.78, 5) is 28.5. The van der Waals surface area contributed by atoms with Gasteiger partial charge in [-0.05, 0) is 43.5 Å². The minimum Gasteiger partial charge on any atom is -0.356 e. The lowest BCUT2D eigenvalue weighted by Crippen LogP contribution is -2.48. The van der Waals surface area contributed by atoms with Crippen molar-refractivity contribution in [2.45, 2.75) is 37.1 Å². The van der Waals surface area contributed by atoms with Crippen LogP contribution in [0.4, 0.5) is 5.82 Å². The molecule has 1 aromatic heterocycles. The van der Waals surface area contributed by atoms with Gasteiger partial charge in [0.05, 0.1) is 0 Å². The van der Waals surface area contributed by atoms with Gasteiger partial charge in [0.25, 0.3) is 5.91 Å². The van der Waals surface area contributed by atoms with Gasteiger partial charge < -0.3 is 14.7 Å². The summed E-state index contributed by atoms with van der Waals surface area (Å²) in [7, 11) is 0. The summed E-state index contributed by atoms with van der Waals surface area (Å²) in [5, 5.41) is 1.18. The highest BCUT2D eigenvalue weighted by atomic mass is 35.5. The first-order chi connectivity index (χ1) is 15.1. The predicted molar refractivity (Wildman–Crippen MR) is 127 cm³/mol. The van der Waals surface area contributed by atoms with Crippen molar-refractivity contribution in [2.24, 2.45) is 0 Å². The number of halogens is 1. The molecule has 0 atom stereocenters. The summed E-state index contributed by atoms with van der Waals surface area (Å²) in [5.41, 5.74) is 1.89. The van der Waals surface area contributed by atoms with Crippen LogP contribution in [0.15, 0.2) is 35.5 Å². The van der Waals surface area contributed by atoms with Crippen LogP contribution in [0.1, 0.15) is 42.1 Å². The van der Waals surface area contributed by atoms with Crippen molar-refractivity contribution in [1.29, 1.82) is 0 Å². The zero-order valence-electron chi connectivity index (χ0n) is 18.1. The third-order valence-corrected chi connectivity index (χ3v) is 7.13. The van der Waals surface area contributed by atoms with Gasteiger partial charge in [-0.1, -0.05) is 42.4 Å². The fraction of sp³-hybridized carbons (Fsp3) is 0.522. The molecular weight excluding hydrogens is 430 g/mol. The maximum Gasteiger partial charge on any atom is 0.253 e. The zero-order valence-corrected chi connectivity index (χ0v) is 19.7. The van der Waals surface area contributed by atoms with E-state index in [9.17, 15) is 4.79 Å². The highest BCUT2D eigenvalue weighted by Gasteiger charge is 2.21. The average molecular weight is 460 g/mol. The number of amides is 1. The minimum absolute atomic E-state index is 0.124. The number of likely N-dealkylation sites (N-methyl/N-ethyl adjacent to an activating group) is 1. The Kier molecular flexibility index (Phi) is 7.69. The molecule has 1 aromatic carbocycles. The normalized spacial score (nSPS) is 17.7. The largest absolute Gasteiger partial charge is 0.356 e. The summed E-state index contributed by atoms with van der Waals surface area (Å²) in [5.74, 6) is 1.79. The number of carbonyl (C=O) groups excluding carboxylic acids is 1.